The van der Waals surface area contributed by atoms with Gasteiger partial charge in [-0.15, -0.1) is 0 Å². The van der Waals surface area contributed by atoms with Crippen LogP contribution < -0.4 is 16.8 Å². The van der Waals surface area contributed by atoms with E-state index in [9.17, 15) is 14.7 Å². The van der Waals surface area contributed by atoms with Crippen LogP contribution in [-0.4, -0.2) is 56.8 Å². The summed E-state index contributed by atoms with van der Waals surface area (Å²) in [5.74, 6) is -1.87. The number of fused-ring (bicyclic) bond motifs is 1. The van der Waals surface area contributed by atoms with Crippen molar-refractivity contribution in [3.8, 4) is 0 Å². The minimum Gasteiger partial charge on any atom is -0.480 e. The van der Waals surface area contributed by atoms with Gasteiger partial charge in [0.25, 0.3) is 0 Å². The lowest BCUT2D eigenvalue weighted by Gasteiger charge is -2.41. The maximum absolute atomic E-state index is 12.7. The van der Waals surface area contributed by atoms with E-state index in [-0.39, 0.29) is 31.1 Å². The van der Waals surface area contributed by atoms with E-state index in [1.165, 1.54) is 0 Å². The molecule has 0 aliphatic heterocycles. The largest absolute Gasteiger partial charge is 0.480 e. The number of nitrogens with zero attached hydrogens (tertiary/aromatic N) is 1. The molecule has 2 aromatic rings. The number of carbonyl (C=O) groups is 2. The Kier molecular flexibility index (Phi) is 7.61. The van der Waals surface area contributed by atoms with Gasteiger partial charge in [0.15, 0.2) is 0 Å². The summed E-state index contributed by atoms with van der Waals surface area (Å²) in [6, 6.07) is 7.15. The second-order valence-electron chi connectivity index (χ2n) is 9.09. The number of benzene rings is 1. The first kappa shape index (κ1) is 24.3. The normalized spacial score (nSPS) is 24.3. The van der Waals surface area contributed by atoms with Gasteiger partial charge in [0.05, 0.1) is 6.04 Å². The van der Waals surface area contributed by atoms with Crippen LogP contribution in [0.4, 0.5) is 0 Å². The number of nitrogens with two attached hydrogens (primary N) is 2. The number of aliphatic carboxylic acids is 1. The Labute approximate surface area is 187 Å². The van der Waals surface area contributed by atoms with Gasteiger partial charge in [-0.25, -0.2) is 0 Å². The molecule has 1 aromatic heterocycles. The zero-order chi connectivity index (χ0) is 23.5. The molecular weight excluding hydrogens is 411 g/mol. The Morgan fingerprint density at radius 1 is 1.31 bits per heavy atom. The average molecular weight is 444 g/mol. The van der Waals surface area contributed by atoms with Crippen molar-refractivity contribution in [3.05, 3.63) is 36.0 Å². The summed E-state index contributed by atoms with van der Waals surface area (Å²) in [6.07, 6.45) is 4.52. The van der Waals surface area contributed by atoms with E-state index in [0.29, 0.717) is 19.3 Å². The standard InChI is InChI=1S/C22H33BN4O5/c1-27-13-15(17-4-2-3-5-19(17)27)10-18(24)20(28)26-12-16-7-6-14(8-9-23(31)32)11-22(16,25)21(29)30/h2-5,13-14,16,18,31-32H,6-12,24-25H2,1H3,(H,26,28)(H,29,30)/t14-,16-,18+,22+/m0/s1. The molecule has 0 saturated heterocycles. The molecule has 174 valence electrons. The van der Waals surface area contributed by atoms with E-state index >= 15 is 0 Å². The van der Waals surface area contributed by atoms with Crippen LogP contribution in [0.2, 0.25) is 6.32 Å². The molecule has 10 heteroatoms. The fraction of sp³-hybridized carbons (Fsp3) is 0.545. The van der Waals surface area contributed by atoms with Crippen molar-refractivity contribution >= 4 is 29.9 Å². The quantitative estimate of drug-likeness (QED) is 0.301. The fourth-order valence-corrected chi connectivity index (χ4v) is 4.89. The van der Waals surface area contributed by atoms with Gasteiger partial charge in [-0.05, 0) is 49.6 Å². The zero-order valence-corrected chi connectivity index (χ0v) is 18.4. The summed E-state index contributed by atoms with van der Waals surface area (Å²) in [5, 5.41) is 31.8. The van der Waals surface area contributed by atoms with Gasteiger partial charge in [0, 0.05) is 36.6 Å². The molecular formula is C22H33BN4O5. The molecule has 1 aliphatic carbocycles. The first-order chi connectivity index (χ1) is 15.1. The molecule has 1 aliphatic rings. The minimum atomic E-state index is -1.48. The monoisotopic (exact) mass is 444 g/mol. The van der Waals surface area contributed by atoms with Gasteiger partial charge in [-0.1, -0.05) is 24.6 Å². The second-order valence-corrected chi connectivity index (χ2v) is 9.09. The van der Waals surface area contributed by atoms with E-state index in [0.717, 1.165) is 22.9 Å². The Morgan fingerprint density at radius 2 is 2.03 bits per heavy atom. The van der Waals surface area contributed by atoms with E-state index < -0.39 is 30.6 Å². The Morgan fingerprint density at radius 3 is 2.72 bits per heavy atom. The summed E-state index contributed by atoms with van der Waals surface area (Å²) in [6.45, 7) is 0.139. The smallest absolute Gasteiger partial charge is 0.451 e. The van der Waals surface area contributed by atoms with Crippen LogP contribution in [0.25, 0.3) is 10.9 Å². The molecule has 4 atom stereocenters. The van der Waals surface area contributed by atoms with E-state index in [2.05, 4.69) is 5.32 Å². The molecule has 0 spiro atoms. The third-order valence-electron chi connectivity index (χ3n) is 6.79. The van der Waals surface area contributed by atoms with Gasteiger partial charge in [0.2, 0.25) is 5.91 Å². The zero-order valence-electron chi connectivity index (χ0n) is 18.4. The maximum atomic E-state index is 12.7. The molecule has 1 heterocycles. The third-order valence-corrected chi connectivity index (χ3v) is 6.79. The lowest BCUT2D eigenvalue weighted by molar-refractivity contribution is -0.148. The van der Waals surface area contributed by atoms with Crippen LogP contribution in [0.3, 0.4) is 0 Å². The summed E-state index contributed by atoms with van der Waals surface area (Å²) >= 11 is 0. The predicted octanol–water partition coefficient (Wildman–Crippen LogP) is 0.226. The molecule has 8 N–H and O–H groups in total. The third kappa shape index (κ3) is 5.32. The number of hydrogen-bond donors (Lipinski definition) is 6. The van der Waals surface area contributed by atoms with Crippen LogP contribution in [0.1, 0.15) is 31.2 Å². The number of para-hydroxylation sites is 1. The lowest BCUT2D eigenvalue weighted by Crippen LogP contribution is -2.60. The lowest BCUT2D eigenvalue weighted by atomic mass is 9.66. The summed E-state index contributed by atoms with van der Waals surface area (Å²) in [5.41, 5.74) is 13.0. The van der Waals surface area contributed by atoms with Crippen molar-refractivity contribution in [2.45, 2.75) is 50.0 Å². The van der Waals surface area contributed by atoms with Crippen molar-refractivity contribution in [2.24, 2.45) is 30.4 Å². The molecule has 3 rings (SSSR count). The van der Waals surface area contributed by atoms with Crippen molar-refractivity contribution < 1.29 is 24.7 Å². The highest BCUT2D eigenvalue weighted by atomic mass is 16.4. The van der Waals surface area contributed by atoms with Crippen LogP contribution in [0, 0.1) is 11.8 Å². The molecule has 0 bridgehead atoms. The first-order valence-electron chi connectivity index (χ1n) is 11.1. The highest BCUT2D eigenvalue weighted by Crippen LogP contribution is 2.38. The van der Waals surface area contributed by atoms with E-state index in [4.69, 9.17) is 21.5 Å². The summed E-state index contributed by atoms with van der Waals surface area (Å²) < 4.78 is 2.00. The Bertz CT molecular complexity index is 965. The molecule has 0 unspecified atom stereocenters. The number of carboxylic acids is 1. The molecule has 1 fully saturated rings. The fourth-order valence-electron chi connectivity index (χ4n) is 4.89. The topological polar surface area (TPSA) is 164 Å². The summed E-state index contributed by atoms with van der Waals surface area (Å²) in [7, 11) is 0.536. The Balaban J connectivity index is 1.59. The number of carboxylic acid groups (broad SMARTS) is 1. The van der Waals surface area contributed by atoms with Crippen molar-refractivity contribution in [2.75, 3.05) is 6.54 Å². The number of aromatic nitrogens is 1. The SMILES string of the molecule is Cn1cc(C[C@@H](N)C(=O)NC[C@@H]2CC[C@@H](CCB(O)O)C[C@]2(N)C(=O)O)c2ccccc21. The first-order valence-corrected chi connectivity index (χ1v) is 11.1. The average Bonchev–Trinajstić information content (AvgIpc) is 3.06. The maximum Gasteiger partial charge on any atom is 0.451 e. The Hall–Kier alpha value is -2.40. The van der Waals surface area contributed by atoms with Gasteiger partial charge in [-0.3, -0.25) is 9.59 Å². The van der Waals surface area contributed by atoms with Gasteiger partial charge in [-0.2, -0.15) is 0 Å². The number of nitrogens with one attached hydrogen (secondary N) is 1. The van der Waals surface area contributed by atoms with Gasteiger partial charge < -0.3 is 36.5 Å². The predicted molar refractivity (Wildman–Crippen MR) is 123 cm³/mol. The highest BCUT2D eigenvalue weighted by Gasteiger charge is 2.47. The number of carbonyl (C=O) groups excluding carboxylic acids is 1. The number of rotatable bonds is 9. The van der Waals surface area contributed by atoms with Crippen LogP contribution in [0.5, 0.6) is 0 Å². The van der Waals surface area contributed by atoms with Gasteiger partial charge in [0.1, 0.15) is 5.54 Å². The summed E-state index contributed by atoms with van der Waals surface area (Å²) in [4.78, 5) is 24.6. The van der Waals surface area contributed by atoms with Crippen molar-refractivity contribution in [1.29, 1.82) is 0 Å². The van der Waals surface area contributed by atoms with Crippen LogP contribution >= 0.6 is 0 Å². The molecule has 1 saturated carbocycles. The van der Waals surface area contributed by atoms with Crippen LogP contribution in [-0.2, 0) is 23.1 Å². The second kappa shape index (κ2) is 10.0. The van der Waals surface area contributed by atoms with E-state index in [1.54, 1.807) is 0 Å². The molecule has 0 radical (unpaired) electrons. The molecule has 1 aromatic carbocycles. The van der Waals surface area contributed by atoms with Crippen molar-refractivity contribution in [3.63, 3.8) is 0 Å². The number of amides is 1. The van der Waals surface area contributed by atoms with E-state index in [1.807, 2.05) is 42.1 Å². The molecule has 9 nitrogen and oxygen atoms in total. The minimum absolute atomic E-state index is 0.00142. The van der Waals surface area contributed by atoms with Crippen LogP contribution in [0.15, 0.2) is 30.5 Å². The molecule has 32 heavy (non-hydrogen) atoms. The number of aryl methyl sites for hydroxylation is 1. The number of hydrogen-bond acceptors (Lipinski definition) is 6. The molecule has 1 amide bonds. The highest BCUT2D eigenvalue weighted by molar-refractivity contribution is 6.40. The van der Waals surface area contributed by atoms with Crippen molar-refractivity contribution in [1.82, 2.24) is 9.88 Å². The van der Waals surface area contributed by atoms with Gasteiger partial charge >= 0.3 is 13.1 Å².